The summed E-state index contributed by atoms with van der Waals surface area (Å²) in [4.78, 5) is 27.9. The molecule has 3 aliphatic rings. The van der Waals surface area contributed by atoms with E-state index in [4.69, 9.17) is 35.5 Å². The zero-order chi connectivity index (χ0) is 29.7. The van der Waals surface area contributed by atoms with E-state index in [2.05, 4.69) is 20.9 Å². The number of rotatable bonds is 8. The molecule has 4 aromatic rings. The van der Waals surface area contributed by atoms with Crippen LogP contribution in [0.2, 0.25) is 5.02 Å². The molecule has 0 saturated carbocycles. The van der Waals surface area contributed by atoms with Crippen molar-refractivity contribution in [3.8, 4) is 17.2 Å². The van der Waals surface area contributed by atoms with E-state index in [9.17, 15) is 9.90 Å². The van der Waals surface area contributed by atoms with Crippen LogP contribution in [-0.4, -0.2) is 68.4 Å². The number of ether oxygens (including phenoxy) is 4. The third-order valence-electron chi connectivity index (χ3n) is 8.56. The minimum absolute atomic E-state index is 0.0549. The number of carboxylic acid groups (broad SMARTS) is 1. The quantitative estimate of drug-likeness (QED) is 0.294. The van der Waals surface area contributed by atoms with Crippen molar-refractivity contribution < 1.29 is 28.8 Å². The maximum Gasteiger partial charge on any atom is 0.354 e. The number of fused-ring (bicyclic) bond motifs is 2. The number of piperidine rings is 1. The number of pyridine rings is 2. The number of carbonyl (C=O) groups is 1. The van der Waals surface area contributed by atoms with Crippen molar-refractivity contribution in [3.05, 3.63) is 70.4 Å². The summed E-state index contributed by atoms with van der Waals surface area (Å²) >= 11 is 6.05. The van der Waals surface area contributed by atoms with Gasteiger partial charge in [-0.1, -0.05) is 23.7 Å². The smallest absolute Gasteiger partial charge is 0.354 e. The molecule has 2 fully saturated rings. The Morgan fingerprint density at radius 3 is 2.65 bits per heavy atom. The highest BCUT2D eigenvalue weighted by molar-refractivity contribution is 6.30. The molecule has 0 spiro atoms. The molecule has 43 heavy (non-hydrogen) atoms. The molecule has 11 nitrogen and oxygen atoms in total. The molecule has 2 atom stereocenters. The number of aromatic nitrogens is 4. The molecule has 0 aliphatic carbocycles. The van der Waals surface area contributed by atoms with Crippen LogP contribution in [0.5, 0.6) is 17.2 Å². The van der Waals surface area contributed by atoms with Crippen molar-refractivity contribution in [1.29, 1.82) is 0 Å². The highest BCUT2D eigenvalue weighted by Gasteiger charge is 2.42. The van der Waals surface area contributed by atoms with Gasteiger partial charge in [0.1, 0.15) is 17.0 Å². The average Bonchev–Trinajstić information content (AvgIpc) is 3.52. The number of carboxylic acids is 1. The van der Waals surface area contributed by atoms with E-state index in [1.54, 1.807) is 12.3 Å². The number of para-hydroxylation sites is 1. The Morgan fingerprint density at radius 1 is 1.16 bits per heavy atom. The zero-order valence-electron chi connectivity index (χ0n) is 24.0. The standard InChI is InChI=1S/C31H32ClN5O6/c1-31(25-7-6-19(32)15-33-25)42-23-5-3-4-21(28(23)43-31)18-8-11-36(12-9-18)17-26-35-27-24(40-2)14-22(30(38)39)34-29(27)37(26)16-20-10-13-41-20/h3-7,14-15,18,20H,8-13,16-17H2,1-2H3,(H,38,39)/t20-,31?/m0/s1. The van der Waals surface area contributed by atoms with E-state index >= 15 is 0 Å². The first-order valence-corrected chi connectivity index (χ1v) is 14.8. The van der Waals surface area contributed by atoms with Gasteiger partial charge in [0, 0.05) is 31.4 Å². The summed E-state index contributed by atoms with van der Waals surface area (Å²) in [6, 6.07) is 11.1. The first kappa shape index (κ1) is 27.9. The van der Waals surface area contributed by atoms with Crippen LogP contribution < -0.4 is 14.2 Å². The van der Waals surface area contributed by atoms with Gasteiger partial charge >= 0.3 is 5.97 Å². The van der Waals surface area contributed by atoms with E-state index in [0.717, 1.165) is 56.1 Å². The topological polar surface area (TPSA) is 121 Å². The van der Waals surface area contributed by atoms with Crippen molar-refractivity contribution in [2.75, 3.05) is 26.8 Å². The maximum atomic E-state index is 11.8. The van der Waals surface area contributed by atoms with Gasteiger partial charge in [-0.05, 0) is 56.5 Å². The molecule has 3 aliphatic heterocycles. The van der Waals surface area contributed by atoms with Gasteiger partial charge in [0.25, 0.3) is 5.79 Å². The predicted molar refractivity (Wildman–Crippen MR) is 157 cm³/mol. The molecule has 1 unspecified atom stereocenters. The van der Waals surface area contributed by atoms with Gasteiger partial charge in [0.2, 0.25) is 0 Å². The Balaban J connectivity index is 1.10. The molecule has 0 bridgehead atoms. The molecular formula is C31H32ClN5O6. The maximum absolute atomic E-state index is 11.8. The summed E-state index contributed by atoms with van der Waals surface area (Å²) in [6.07, 6.45) is 4.47. The first-order chi connectivity index (χ1) is 20.8. The number of aromatic carboxylic acids is 1. The first-order valence-electron chi connectivity index (χ1n) is 14.5. The summed E-state index contributed by atoms with van der Waals surface area (Å²) in [5.41, 5.74) is 2.79. The molecule has 7 rings (SSSR count). The molecule has 1 aromatic carbocycles. The average molecular weight is 606 g/mol. The number of nitrogens with zero attached hydrogens (tertiary/aromatic N) is 5. The molecule has 224 valence electrons. The van der Waals surface area contributed by atoms with E-state index in [0.29, 0.717) is 52.4 Å². The lowest BCUT2D eigenvalue weighted by Gasteiger charge is -2.33. The largest absolute Gasteiger partial charge is 0.494 e. The molecule has 1 N–H and O–H groups in total. The highest BCUT2D eigenvalue weighted by atomic mass is 35.5. The van der Waals surface area contributed by atoms with Crippen LogP contribution >= 0.6 is 11.6 Å². The summed E-state index contributed by atoms with van der Waals surface area (Å²) in [6.45, 7) is 5.49. The third-order valence-corrected chi connectivity index (χ3v) is 8.79. The van der Waals surface area contributed by atoms with Crippen molar-refractivity contribution in [2.24, 2.45) is 0 Å². The number of halogens is 1. The fourth-order valence-corrected chi connectivity index (χ4v) is 6.25. The second kappa shape index (κ2) is 11.0. The lowest BCUT2D eigenvalue weighted by molar-refractivity contribution is -0.0722. The van der Waals surface area contributed by atoms with E-state index < -0.39 is 11.8 Å². The summed E-state index contributed by atoms with van der Waals surface area (Å²) in [5.74, 6) is 0.878. The summed E-state index contributed by atoms with van der Waals surface area (Å²) < 4.78 is 25.9. The Labute approximate surface area is 253 Å². The van der Waals surface area contributed by atoms with Crippen molar-refractivity contribution >= 4 is 28.7 Å². The molecule has 6 heterocycles. The molecule has 0 radical (unpaired) electrons. The molecule has 2 saturated heterocycles. The lowest BCUT2D eigenvalue weighted by atomic mass is 9.88. The van der Waals surface area contributed by atoms with Crippen LogP contribution in [0.4, 0.5) is 0 Å². The van der Waals surface area contributed by atoms with Crippen molar-refractivity contribution in [2.45, 2.75) is 57.1 Å². The fraction of sp³-hybridized carbons (Fsp3) is 0.419. The summed E-state index contributed by atoms with van der Waals surface area (Å²) in [7, 11) is 1.52. The second-order valence-electron chi connectivity index (χ2n) is 11.3. The number of benzene rings is 1. The number of methoxy groups -OCH3 is 1. The number of imidazole rings is 1. The predicted octanol–water partition coefficient (Wildman–Crippen LogP) is 5.00. The van der Waals surface area contributed by atoms with Gasteiger partial charge < -0.3 is 28.6 Å². The Bertz CT molecular complexity index is 1680. The second-order valence-corrected chi connectivity index (χ2v) is 11.8. The van der Waals surface area contributed by atoms with E-state index in [1.807, 2.05) is 29.7 Å². The zero-order valence-corrected chi connectivity index (χ0v) is 24.7. The number of hydrogen-bond donors (Lipinski definition) is 1. The number of hydrogen-bond acceptors (Lipinski definition) is 9. The monoisotopic (exact) mass is 605 g/mol. The lowest BCUT2D eigenvalue weighted by Crippen LogP contribution is -2.35. The molecule has 3 aromatic heterocycles. The van der Waals surface area contributed by atoms with Crippen LogP contribution in [0.1, 0.15) is 59.7 Å². The van der Waals surface area contributed by atoms with Gasteiger partial charge in [-0.15, -0.1) is 0 Å². The Morgan fingerprint density at radius 2 is 1.98 bits per heavy atom. The van der Waals surface area contributed by atoms with Gasteiger partial charge in [-0.25, -0.2) is 14.8 Å². The Hall–Kier alpha value is -3.93. The minimum atomic E-state index is -1.11. The summed E-state index contributed by atoms with van der Waals surface area (Å²) in [5, 5.41) is 10.2. The third kappa shape index (κ3) is 5.15. The SMILES string of the molecule is COc1cc(C(=O)O)nc2c1nc(CN1CCC(c3cccc4c3OC(C)(c3ccc(Cl)cn3)O4)CC1)n2C[C@@H]1CCO1. The van der Waals surface area contributed by atoms with Crippen LogP contribution in [0, 0.1) is 0 Å². The van der Waals surface area contributed by atoms with E-state index in [-0.39, 0.29) is 11.8 Å². The molecular weight excluding hydrogens is 574 g/mol. The van der Waals surface area contributed by atoms with Gasteiger partial charge in [0.05, 0.1) is 31.3 Å². The number of likely N-dealkylation sites (tertiary alicyclic amines) is 1. The van der Waals surface area contributed by atoms with Crippen LogP contribution in [0.3, 0.4) is 0 Å². The van der Waals surface area contributed by atoms with Crippen LogP contribution in [0.15, 0.2) is 42.6 Å². The van der Waals surface area contributed by atoms with E-state index in [1.165, 1.54) is 13.2 Å². The molecule has 12 heteroatoms. The minimum Gasteiger partial charge on any atom is -0.494 e. The Kier molecular flexibility index (Phi) is 7.11. The van der Waals surface area contributed by atoms with Crippen LogP contribution in [0.25, 0.3) is 11.2 Å². The van der Waals surface area contributed by atoms with Gasteiger partial charge in [-0.2, -0.15) is 0 Å². The fourth-order valence-electron chi connectivity index (χ4n) is 6.14. The van der Waals surface area contributed by atoms with Gasteiger partial charge in [-0.3, -0.25) is 9.88 Å². The molecule has 0 amide bonds. The van der Waals surface area contributed by atoms with Gasteiger partial charge in [0.15, 0.2) is 28.6 Å². The van der Waals surface area contributed by atoms with Crippen molar-refractivity contribution in [1.82, 2.24) is 24.4 Å². The van der Waals surface area contributed by atoms with Crippen LogP contribution in [-0.2, 0) is 23.6 Å². The highest BCUT2D eigenvalue weighted by Crippen LogP contribution is 2.49. The normalized spacial score (nSPS) is 22.1. The van der Waals surface area contributed by atoms with Crippen molar-refractivity contribution in [3.63, 3.8) is 0 Å².